The molecule has 0 rings (SSSR count). The first-order valence-electron chi connectivity index (χ1n) is 9.84. The first-order chi connectivity index (χ1) is 11.1. The fourth-order valence-electron chi connectivity index (χ4n) is 2.30. The molecule has 0 saturated heterocycles. The van der Waals surface area contributed by atoms with E-state index in [2.05, 4.69) is 19.1 Å². The summed E-state index contributed by atoms with van der Waals surface area (Å²) in [6.45, 7) is 2.27. The molecule has 0 spiro atoms. The van der Waals surface area contributed by atoms with Crippen LogP contribution in [0.25, 0.3) is 0 Å². The molecular formula is C21H43NO. The van der Waals surface area contributed by atoms with Crippen LogP contribution in [-0.4, -0.2) is 32.3 Å². The molecule has 0 aromatic carbocycles. The molecule has 0 bridgehead atoms. The number of carbonyl (C=O) groups excluding carboxylic acids is 1. The lowest BCUT2D eigenvalue weighted by atomic mass is 10.1. The molecule has 0 aliphatic rings. The molecule has 0 amide bonds. The molecule has 0 heterocycles. The average Bonchev–Trinajstić information content (AvgIpc) is 2.50. The van der Waals surface area contributed by atoms with Crippen molar-refractivity contribution < 1.29 is 4.79 Å². The standard InChI is InChI=1S/C18H34O.C3H9N/c1-2-3-4-5-6-7-8-9-10-11-12-13-14-15-16-17-18-19;1-4(2)3/h9-10,18H,2-8,11-17H2,1H3;1-3H3/b10-9-;. The molecule has 2 nitrogen and oxygen atoms in total. The van der Waals surface area contributed by atoms with E-state index in [1.165, 1.54) is 77.0 Å². The Bertz CT molecular complexity index is 233. The molecule has 0 aromatic rings. The van der Waals surface area contributed by atoms with E-state index in [0.717, 1.165) is 19.1 Å². The number of allylic oxidation sites excluding steroid dienone is 2. The van der Waals surface area contributed by atoms with Gasteiger partial charge in [0.05, 0.1) is 0 Å². The molecule has 0 unspecified atom stereocenters. The summed E-state index contributed by atoms with van der Waals surface area (Å²) < 4.78 is 0. The van der Waals surface area contributed by atoms with Crippen LogP contribution in [0.4, 0.5) is 0 Å². The molecule has 138 valence electrons. The Labute approximate surface area is 146 Å². The lowest BCUT2D eigenvalue weighted by Gasteiger charge is -1.98. The minimum atomic E-state index is 0.748. The van der Waals surface area contributed by atoms with Crippen molar-refractivity contribution in [1.82, 2.24) is 4.90 Å². The van der Waals surface area contributed by atoms with Gasteiger partial charge < -0.3 is 9.69 Å². The van der Waals surface area contributed by atoms with Crippen molar-refractivity contribution in [2.45, 2.75) is 96.8 Å². The topological polar surface area (TPSA) is 20.3 Å². The highest BCUT2D eigenvalue weighted by atomic mass is 16.1. The summed E-state index contributed by atoms with van der Waals surface area (Å²) in [5.74, 6) is 0. The van der Waals surface area contributed by atoms with Gasteiger partial charge in [-0.1, -0.05) is 70.4 Å². The highest BCUT2D eigenvalue weighted by molar-refractivity contribution is 5.48. The Morgan fingerprint density at radius 1 is 0.609 bits per heavy atom. The Hall–Kier alpha value is -0.630. The summed E-state index contributed by atoms with van der Waals surface area (Å²) in [5, 5.41) is 0. The summed E-state index contributed by atoms with van der Waals surface area (Å²) in [4.78, 5) is 12.1. The molecule has 23 heavy (non-hydrogen) atoms. The Balaban J connectivity index is 0. The van der Waals surface area contributed by atoms with E-state index >= 15 is 0 Å². The normalized spacial score (nSPS) is 10.8. The number of aldehydes is 1. The number of hydrogen-bond acceptors (Lipinski definition) is 2. The van der Waals surface area contributed by atoms with Gasteiger partial charge in [-0.15, -0.1) is 0 Å². The molecule has 0 atom stereocenters. The lowest BCUT2D eigenvalue weighted by molar-refractivity contribution is -0.107. The van der Waals surface area contributed by atoms with Gasteiger partial charge in [0, 0.05) is 6.42 Å². The summed E-state index contributed by atoms with van der Waals surface area (Å²) >= 11 is 0. The van der Waals surface area contributed by atoms with Crippen LogP contribution in [0.2, 0.25) is 0 Å². The highest BCUT2D eigenvalue weighted by Gasteiger charge is 1.90. The predicted octanol–water partition coefficient (Wildman–Crippen LogP) is 6.40. The van der Waals surface area contributed by atoms with E-state index in [0.29, 0.717) is 0 Å². The number of rotatable bonds is 15. The van der Waals surface area contributed by atoms with Gasteiger partial charge in [-0.3, -0.25) is 0 Å². The summed E-state index contributed by atoms with van der Waals surface area (Å²) in [5.41, 5.74) is 0. The zero-order valence-corrected chi connectivity index (χ0v) is 16.5. The smallest absolute Gasteiger partial charge is 0.119 e. The molecule has 0 aliphatic heterocycles. The highest BCUT2D eigenvalue weighted by Crippen LogP contribution is 2.09. The zero-order valence-electron chi connectivity index (χ0n) is 16.5. The number of nitrogens with zero attached hydrogens (tertiary/aromatic N) is 1. The van der Waals surface area contributed by atoms with Crippen LogP contribution in [0.15, 0.2) is 12.2 Å². The quantitative estimate of drug-likeness (QED) is 0.197. The third-order valence-corrected chi connectivity index (χ3v) is 3.58. The van der Waals surface area contributed by atoms with Gasteiger partial charge in [0.2, 0.25) is 0 Å². The van der Waals surface area contributed by atoms with E-state index in [1.807, 2.05) is 26.0 Å². The SMILES string of the molecule is CCCCCCCC/C=C\CCCCCCCC=O.CN(C)C. The average molecular weight is 326 g/mol. The van der Waals surface area contributed by atoms with Crippen molar-refractivity contribution in [3.05, 3.63) is 12.2 Å². The van der Waals surface area contributed by atoms with Crippen molar-refractivity contribution in [2.24, 2.45) is 0 Å². The van der Waals surface area contributed by atoms with E-state index in [1.54, 1.807) is 0 Å². The largest absolute Gasteiger partial charge is 0.312 e. The number of carbonyl (C=O) groups is 1. The van der Waals surface area contributed by atoms with Crippen molar-refractivity contribution in [3.63, 3.8) is 0 Å². The molecular weight excluding hydrogens is 282 g/mol. The molecule has 0 aliphatic carbocycles. The summed E-state index contributed by atoms with van der Waals surface area (Å²) in [7, 11) is 6.00. The Morgan fingerprint density at radius 2 is 0.957 bits per heavy atom. The maximum atomic E-state index is 10.1. The fourth-order valence-corrected chi connectivity index (χ4v) is 2.30. The minimum Gasteiger partial charge on any atom is -0.312 e. The second kappa shape index (κ2) is 23.6. The summed E-state index contributed by atoms with van der Waals surface area (Å²) in [6.07, 6.45) is 23.6. The van der Waals surface area contributed by atoms with Gasteiger partial charge >= 0.3 is 0 Å². The molecule has 0 radical (unpaired) electrons. The number of hydrogen-bond donors (Lipinski definition) is 0. The van der Waals surface area contributed by atoms with Crippen molar-refractivity contribution >= 4 is 6.29 Å². The maximum Gasteiger partial charge on any atom is 0.119 e. The van der Waals surface area contributed by atoms with Crippen LogP contribution in [0.5, 0.6) is 0 Å². The minimum absolute atomic E-state index is 0.748. The lowest BCUT2D eigenvalue weighted by Crippen LogP contribution is -1.99. The van der Waals surface area contributed by atoms with Gasteiger partial charge in [-0.05, 0) is 53.2 Å². The summed E-state index contributed by atoms with van der Waals surface area (Å²) in [6, 6.07) is 0. The van der Waals surface area contributed by atoms with E-state index in [9.17, 15) is 4.79 Å². The van der Waals surface area contributed by atoms with E-state index in [-0.39, 0.29) is 0 Å². The molecule has 2 heteroatoms. The fraction of sp³-hybridized carbons (Fsp3) is 0.857. The molecule has 0 N–H and O–H groups in total. The molecule has 0 aromatic heterocycles. The van der Waals surface area contributed by atoms with Gasteiger partial charge in [0.1, 0.15) is 6.29 Å². The van der Waals surface area contributed by atoms with Crippen LogP contribution < -0.4 is 0 Å². The third kappa shape index (κ3) is 33.9. The maximum absolute atomic E-state index is 10.1. The monoisotopic (exact) mass is 325 g/mol. The van der Waals surface area contributed by atoms with Crippen LogP contribution in [0.1, 0.15) is 96.8 Å². The Morgan fingerprint density at radius 3 is 1.35 bits per heavy atom. The zero-order chi connectivity index (χ0) is 17.6. The molecule has 0 saturated carbocycles. The first kappa shape index (κ1) is 24.6. The van der Waals surface area contributed by atoms with Gasteiger partial charge in [0.25, 0.3) is 0 Å². The van der Waals surface area contributed by atoms with Gasteiger partial charge in [-0.25, -0.2) is 0 Å². The Kier molecular flexibility index (Phi) is 25.3. The van der Waals surface area contributed by atoms with E-state index < -0.39 is 0 Å². The van der Waals surface area contributed by atoms with Crippen LogP contribution in [0, 0.1) is 0 Å². The van der Waals surface area contributed by atoms with Gasteiger partial charge in [-0.2, -0.15) is 0 Å². The molecule has 0 fully saturated rings. The second-order valence-electron chi connectivity index (χ2n) is 6.88. The predicted molar refractivity (Wildman–Crippen MR) is 105 cm³/mol. The van der Waals surface area contributed by atoms with Crippen molar-refractivity contribution in [3.8, 4) is 0 Å². The van der Waals surface area contributed by atoms with E-state index in [4.69, 9.17) is 0 Å². The van der Waals surface area contributed by atoms with Crippen LogP contribution in [0.3, 0.4) is 0 Å². The van der Waals surface area contributed by atoms with Crippen molar-refractivity contribution in [1.29, 1.82) is 0 Å². The van der Waals surface area contributed by atoms with Crippen LogP contribution >= 0.6 is 0 Å². The van der Waals surface area contributed by atoms with Gasteiger partial charge in [0.15, 0.2) is 0 Å². The third-order valence-electron chi connectivity index (χ3n) is 3.58. The second-order valence-corrected chi connectivity index (χ2v) is 6.88. The first-order valence-corrected chi connectivity index (χ1v) is 9.84. The number of unbranched alkanes of at least 4 members (excludes halogenated alkanes) is 12. The van der Waals surface area contributed by atoms with Crippen LogP contribution in [-0.2, 0) is 4.79 Å². The van der Waals surface area contributed by atoms with Crippen molar-refractivity contribution in [2.75, 3.05) is 21.1 Å².